The first-order valence-corrected chi connectivity index (χ1v) is 5.67. The van der Waals surface area contributed by atoms with Crippen LogP contribution in [0, 0.1) is 0 Å². The molecular formula is C12H12ClN3O. The lowest BCUT2D eigenvalue weighted by Gasteiger charge is -2.04. The van der Waals surface area contributed by atoms with Gasteiger partial charge in [0.2, 0.25) is 5.91 Å². The fraction of sp³-hybridized carbons (Fsp3) is 0.167. The highest BCUT2D eigenvalue weighted by Crippen LogP contribution is 2.26. The molecule has 88 valence electrons. The molecule has 0 bridgehead atoms. The zero-order chi connectivity index (χ0) is 12.3. The number of amides is 1. The van der Waals surface area contributed by atoms with Crippen molar-refractivity contribution in [3.63, 3.8) is 0 Å². The largest absolute Gasteiger partial charge is 0.311 e. The summed E-state index contributed by atoms with van der Waals surface area (Å²) in [6, 6.07) is 7.37. The molecular weight excluding hydrogens is 238 g/mol. The molecule has 0 atom stereocenters. The highest BCUT2D eigenvalue weighted by Gasteiger charge is 2.09. The second-order valence-electron chi connectivity index (χ2n) is 3.57. The second kappa shape index (κ2) is 5.01. The Morgan fingerprint density at radius 1 is 1.41 bits per heavy atom. The van der Waals surface area contributed by atoms with Crippen LogP contribution in [0.15, 0.2) is 30.5 Å². The highest BCUT2D eigenvalue weighted by molar-refractivity contribution is 6.30. The van der Waals surface area contributed by atoms with E-state index in [0.717, 1.165) is 11.1 Å². The molecule has 1 aromatic heterocycles. The molecule has 0 unspecified atom stereocenters. The Balaban J connectivity index is 2.30. The molecule has 0 saturated heterocycles. The number of aromatic nitrogens is 2. The van der Waals surface area contributed by atoms with E-state index in [1.807, 2.05) is 12.1 Å². The number of hydrogen-bond acceptors (Lipinski definition) is 2. The summed E-state index contributed by atoms with van der Waals surface area (Å²) in [5, 5.41) is 10.1. The number of anilines is 1. The van der Waals surface area contributed by atoms with Gasteiger partial charge in [0.1, 0.15) is 5.82 Å². The van der Waals surface area contributed by atoms with Crippen LogP contribution in [0.4, 0.5) is 5.82 Å². The van der Waals surface area contributed by atoms with E-state index in [-0.39, 0.29) is 5.91 Å². The Morgan fingerprint density at radius 3 is 2.76 bits per heavy atom. The summed E-state index contributed by atoms with van der Waals surface area (Å²) in [6.45, 7) is 1.80. The van der Waals surface area contributed by atoms with Crippen LogP contribution in [0.1, 0.15) is 13.3 Å². The van der Waals surface area contributed by atoms with Gasteiger partial charge in [-0.25, -0.2) is 0 Å². The topological polar surface area (TPSA) is 57.8 Å². The van der Waals surface area contributed by atoms with E-state index in [1.54, 1.807) is 25.3 Å². The summed E-state index contributed by atoms with van der Waals surface area (Å²) in [7, 11) is 0. The van der Waals surface area contributed by atoms with Gasteiger partial charge in [-0.1, -0.05) is 30.7 Å². The number of benzene rings is 1. The van der Waals surface area contributed by atoms with Crippen LogP contribution in [-0.2, 0) is 4.79 Å². The zero-order valence-electron chi connectivity index (χ0n) is 9.33. The van der Waals surface area contributed by atoms with Crippen molar-refractivity contribution in [1.82, 2.24) is 10.2 Å². The van der Waals surface area contributed by atoms with Gasteiger partial charge < -0.3 is 5.32 Å². The first-order valence-electron chi connectivity index (χ1n) is 5.30. The van der Waals surface area contributed by atoms with Gasteiger partial charge in [0.15, 0.2) is 0 Å². The average Bonchev–Trinajstić information content (AvgIpc) is 2.78. The highest BCUT2D eigenvalue weighted by atomic mass is 35.5. The van der Waals surface area contributed by atoms with Gasteiger partial charge in [-0.2, -0.15) is 5.10 Å². The predicted octanol–water partition coefficient (Wildman–Crippen LogP) is 3.08. The molecule has 0 aliphatic rings. The first-order chi connectivity index (χ1) is 8.20. The molecule has 0 aliphatic heterocycles. The van der Waals surface area contributed by atoms with Gasteiger partial charge in [0, 0.05) is 17.0 Å². The minimum atomic E-state index is -0.0514. The van der Waals surface area contributed by atoms with Gasteiger partial charge >= 0.3 is 0 Å². The number of nitrogens with zero attached hydrogens (tertiary/aromatic N) is 1. The van der Waals surface area contributed by atoms with E-state index in [1.165, 1.54) is 0 Å². The van der Waals surface area contributed by atoms with E-state index in [0.29, 0.717) is 17.3 Å². The Bertz CT molecular complexity index is 519. The molecule has 2 N–H and O–H groups in total. The van der Waals surface area contributed by atoms with E-state index in [9.17, 15) is 4.79 Å². The number of carbonyl (C=O) groups is 1. The van der Waals surface area contributed by atoms with Crippen molar-refractivity contribution in [2.24, 2.45) is 0 Å². The van der Waals surface area contributed by atoms with Crippen molar-refractivity contribution in [1.29, 1.82) is 0 Å². The summed E-state index contributed by atoms with van der Waals surface area (Å²) in [5.41, 5.74) is 1.80. The number of halogens is 1. The first kappa shape index (κ1) is 11.7. The number of rotatable bonds is 3. The van der Waals surface area contributed by atoms with Gasteiger partial charge in [-0.05, 0) is 17.7 Å². The molecule has 0 radical (unpaired) electrons. The van der Waals surface area contributed by atoms with Gasteiger partial charge in [-0.15, -0.1) is 0 Å². The minimum absolute atomic E-state index is 0.0514. The molecule has 2 aromatic rings. The third-order valence-electron chi connectivity index (χ3n) is 2.38. The van der Waals surface area contributed by atoms with Crippen molar-refractivity contribution < 1.29 is 4.79 Å². The number of H-pyrrole nitrogens is 1. The molecule has 1 amide bonds. The van der Waals surface area contributed by atoms with Crippen molar-refractivity contribution in [3.8, 4) is 11.1 Å². The monoisotopic (exact) mass is 249 g/mol. The average molecular weight is 250 g/mol. The Morgan fingerprint density at radius 2 is 2.12 bits per heavy atom. The molecule has 1 aromatic carbocycles. The van der Waals surface area contributed by atoms with Crippen LogP contribution in [0.5, 0.6) is 0 Å². The summed E-state index contributed by atoms with van der Waals surface area (Å²) in [4.78, 5) is 11.3. The molecule has 5 heteroatoms. The Hall–Kier alpha value is -1.81. The van der Waals surface area contributed by atoms with Crippen molar-refractivity contribution >= 4 is 23.3 Å². The minimum Gasteiger partial charge on any atom is -0.311 e. The van der Waals surface area contributed by atoms with Crippen LogP contribution in [0.3, 0.4) is 0 Å². The zero-order valence-corrected chi connectivity index (χ0v) is 10.1. The normalized spacial score (nSPS) is 10.2. The molecule has 1 heterocycles. The quantitative estimate of drug-likeness (QED) is 0.878. The lowest BCUT2D eigenvalue weighted by Crippen LogP contribution is -2.10. The fourth-order valence-electron chi connectivity index (χ4n) is 1.46. The third-order valence-corrected chi connectivity index (χ3v) is 2.63. The molecule has 2 rings (SSSR count). The van der Waals surface area contributed by atoms with Crippen molar-refractivity contribution in [2.45, 2.75) is 13.3 Å². The maximum absolute atomic E-state index is 11.3. The third kappa shape index (κ3) is 2.65. The van der Waals surface area contributed by atoms with Gasteiger partial charge in [0.05, 0.1) is 6.20 Å². The Labute approximate surface area is 104 Å². The summed E-state index contributed by atoms with van der Waals surface area (Å²) in [5.74, 6) is 0.559. The van der Waals surface area contributed by atoms with Crippen LogP contribution in [-0.4, -0.2) is 16.1 Å². The van der Waals surface area contributed by atoms with Crippen molar-refractivity contribution in [2.75, 3.05) is 5.32 Å². The van der Waals surface area contributed by atoms with E-state index in [2.05, 4.69) is 15.5 Å². The lowest BCUT2D eigenvalue weighted by molar-refractivity contribution is -0.115. The fourth-order valence-corrected chi connectivity index (χ4v) is 1.58. The second-order valence-corrected chi connectivity index (χ2v) is 4.00. The molecule has 0 spiro atoms. The van der Waals surface area contributed by atoms with Crippen LogP contribution in [0.2, 0.25) is 5.02 Å². The number of nitrogens with one attached hydrogen (secondary N) is 2. The summed E-state index contributed by atoms with van der Waals surface area (Å²) in [6.07, 6.45) is 2.10. The smallest absolute Gasteiger partial charge is 0.225 e. The molecule has 0 saturated carbocycles. The van der Waals surface area contributed by atoms with Gasteiger partial charge in [0.25, 0.3) is 0 Å². The van der Waals surface area contributed by atoms with Crippen molar-refractivity contribution in [3.05, 3.63) is 35.5 Å². The number of aromatic amines is 1. The molecule has 4 nitrogen and oxygen atoms in total. The maximum Gasteiger partial charge on any atom is 0.225 e. The Kier molecular flexibility index (Phi) is 3.44. The van der Waals surface area contributed by atoms with E-state index >= 15 is 0 Å². The predicted molar refractivity (Wildman–Crippen MR) is 68.0 cm³/mol. The SMILES string of the molecule is CCC(=O)Nc1[nH]ncc1-c1ccc(Cl)cc1. The number of hydrogen-bond donors (Lipinski definition) is 2. The molecule has 17 heavy (non-hydrogen) atoms. The molecule has 0 fully saturated rings. The van der Waals surface area contributed by atoms with Gasteiger partial charge in [-0.3, -0.25) is 9.89 Å². The van der Waals surface area contributed by atoms with Crippen LogP contribution in [0.25, 0.3) is 11.1 Å². The number of carbonyl (C=O) groups excluding carboxylic acids is 1. The van der Waals surface area contributed by atoms with Crippen LogP contribution < -0.4 is 5.32 Å². The maximum atomic E-state index is 11.3. The lowest BCUT2D eigenvalue weighted by atomic mass is 10.1. The van der Waals surface area contributed by atoms with E-state index < -0.39 is 0 Å². The summed E-state index contributed by atoms with van der Waals surface area (Å²) >= 11 is 5.83. The summed E-state index contributed by atoms with van der Waals surface area (Å²) < 4.78 is 0. The van der Waals surface area contributed by atoms with Crippen LogP contribution >= 0.6 is 11.6 Å². The standard InChI is InChI=1S/C12H12ClN3O/c1-2-11(17)15-12-10(7-14-16-12)8-3-5-9(13)6-4-8/h3-7H,2H2,1H3,(H2,14,15,16,17). The van der Waals surface area contributed by atoms with E-state index in [4.69, 9.17) is 11.6 Å². The molecule has 0 aliphatic carbocycles.